The smallest absolute Gasteiger partial charge is 0.317 e. The number of carbonyl (C=O) groups excluding carboxylic acids is 1. The van der Waals surface area contributed by atoms with Gasteiger partial charge in [0.25, 0.3) is 0 Å². The largest absolute Gasteiger partial charge is 0.480 e. The van der Waals surface area contributed by atoms with Crippen molar-refractivity contribution < 1.29 is 19.4 Å². The lowest BCUT2D eigenvalue weighted by molar-refractivity contribution is -0.142. The quantitative estimate of drug-likeness (QED) is 0.680. The van der Waals surface area contributed by atoms with Crippen molar-refractivity contribution in [1.82, 2.24) is 19.6 Å². The summed E-state index contributed by atoms with van der Waals surface area (Å²) in [4.78, 5) is 27.1. The van der Waals surface area contributed by atoms with Crippen LogP contribution in [0.15, 0.2) is 0 Å². The van der Waals surface area contributed by atoms with Crippen molar-refractivity contribution in [1.29, 1.82) is 0 Å². The van der Waals surface area contributed by atoms with Crippen LogP contribution in [0.2, 0.25) is 0 Å². The molecule has 1 unspecified atom stereocenters. The van der Waals surface area contributed by atoms with Crippen molar-refractivity contribution >= 4 is 11.9 Å². The molecule has 0 aromatic carbocycles. The van der Waals surface area contributed by atoms with E-state index in [9.17, 15) is 9.59 Å². The maximum atomic E-state index is 12.7. The fourth-order valence-electron chi connectivity index (χ4n) is 3.71. The standard InChI is InChI=1S/C20H34N4O4/c1-14(2)10-24-16(4)18(15(3)21-24)6-7-19(25)23-8-9-28-17(12-23)11-22(5)13-20(26)27/h14,17H,6-13H2,1-5H3,(H,26,27). The number of aromatic nitrogens is 2. The van der Waals surface area contributed by atoms with E-state index in [1.54, 1.807) is 11.9 Å². The summed E-state index contributed by atoms with van der Waals surface area (Å²) in [5, 5.41) is 13.5. The first-order chi connectivity index (χ1) is 13.2. The van der Waals surface area contributed by atoms with Crippen LogP contribution >= 0.6 is 0 Å². The van der Waals surface area contributed by atoms with E-state index in [0.717, 1.165) is 17.9 Å². The van der Waals surface area contributed by atoms with Crippen molar-refractivity contribution in [3.05, 3.63) is 17.0 Å². The SMILES string of the molecule is Cc1nn(CC(C)C)c(C)c1CCC(=O)N1CCOC(CN(C)CC(=O)O)C1. The van der Waals surface area contributed by atoms with Crippen LogP contribution in [0, 0.1) is 19.8 Å². The first-order valence-electron chi connectivity index (χ1n) is 10.00. The highest BCUT2D eigenvalue weighted by Gasteiger charge is 2.26. The highest BCUT2D eigenvalue weighted by atomic mass is 16.5. The van der Waals surface area contributed by atoms with Crippen LogP contribution in [0.5, 0.6) is 0 Å². The van der Waals surface area contributed by atoms with Crippen molar-refractivity contribution in [2.24, 2.45) is 5.92 Å². The molecule has 1 aliphatic rings. The summed E-state index contributed by atoms with van der Waals surface area (Å²) in [6.07, 6.45) is 0.988. The molecule has 8 nitrogen and oxygen atoms in total. The van der Waals surface area contributed by atoms with Crippen LogP contribution in [-0.2, 0) is 27.3 Å². The molecule has 1 N–H and O–H groups in total. The Kier molecular flexibility index (Phi) is 8.00. The summed E-state index contributed by atoms with van der Waals surface area (Å²) in [6, 6.07) is 0. The van der Waals surface area contributed by atoms with Gasteiger partial charge in [0, 0.05) is 38.3 Å². The van der Waals surface area contributed by atoms with Gasteiger partial charge < -0.3 is 14.7 Å². The Labute approximate surface area is 167 Å². The van der Waals surface area contributed by atoms with Crippen LogP contribution in [0.3, 0.4) is 0 Å². The fraction of sp³-hybridized carbons (Fsp3) is 0.750. The zero-order chi connectivity index (χ0) is 20.8. The second-order valence-electron chi connectivity index (χ2n) is 8.15. The number of likely N-dealkylation sites (N-methyl/N-ethyl adjacent to an activating group) is 1. The van der Waals surface area contributed by atoms with Crippen molar-refractivity contribution in [2.75, 3.05) is 39.8 Å². The molecule has 1 saturated heterocycles. The molecular weight excluding hydrogens is 360 g/mol. The topological polar surface area (TPSA) is 87.9 Å². The molecule has 1 fully saturated rings. The van der Waals surface area contributed by atoms with Gasteiger partial charge in [-0.1, -0.05) is 13.8 Å². The minimum Gasteiger partial charge on any atom is -0.480 e. The van der Waals surface area contributed by atoms with Crippen LogP contribution in [0.1, 0.15) is 37.2 Å². The van der Waals surface area contributed by atoms with Gasteiger partial charge in [-0.15, -0.1) is 0 Å². The molecule has 0 bridgehead atoms. The number of nitrogens with zero attached hydrogens (tertiary/aromatic N) is 4. The number of aliphatic carboxylic acids is 1. The Morgan fingerprint density at radius 3 is 2.71 bits per heavy atom. The Bertz CT molecular complexity index is 686. The lowest BCUT2D eigenvalue weighted by Crippen LogP contribution is -2.49. The van der Waals surface area contributed by atoms with Crippen LogP contribution in [-0.4, -0.2) is 82.5 Å². The van der Waals surface area contributed by atoms with Gasteiger partial charge in [-0.05, 0) is 38.8 Å². The third-order valence-corrected chi connectivity index (χ3v) is 5.07. The number of hydrogen-bond donors (Lipinski definition) is 1. The van der Waals surface area contributed by atoms with E-state index in [2.05, 4.69) is 25.9 Å². The van der Waals surface area contributed by atoms with Crippen molar-refractivity contribution in [2.45, 2.75) is 53.2 Å². The Morgan fingerprint density at radius 1 is 1.36 bits per heavy atom. The average Bonchev–Trinajstić information content (AvgIpc) is 2.85. The Hall–Kier alpha value is -1.93. The predicted molar refractivity (Wildman–Crippen MR) is 106 cm³/mol. The Balaban J connectivity index is 1.89. The number of amides is 1. The van der Waals surface area contributed by atoms with Gasteiger partial charge in [0.05, 0.1) is 24.9 Å². The van der Waals surface area contributed by atoms with E-state index >= 15 is 0 Å². The van der Waals surface area contributed by atoms with Crippen LogP contribution in [0.25, 0.3) is 0 Å². The lowest BCUT2D eigenvalue weighted by Gasteiger charge is -2.34. The third kappa shape index (κ3) is 6.31. The summed E-state index contributed by atoms with van der Waals surface area (Å²) in [7, 11) is 1.75. The molecule has 28 heavy (non-hydrogen) atoms. The molecule has 1 aromatic heterocycles. The van der Waals surface area contributed by atoms with E-state index in [1.807, 2.05) is 16.5 Å². The van der Waals surface area contributed by atoms with E-state index in [1.165, 1.54) is 5.56 Å². The maximum absolute atomic E-state index is 12.7. The molecule has 8 heteroatoms. The van der Waals surface area contributed by atoms with Gasteiger partial charge in [0.1, 0.15) is 0 Å². The summed E-state index contributed by atoms with van der Waals surface area (Å²) in [5.41, 5.74) is 3.32. The lowest BCUT2D eigenvalue weighted by atomic mass is 10.1. The highest BCUT2D eigenvalue weighted by molar-refractivity contribution is 5.76. The van der Waals surface area contributed by atoms with Gasteiger partial charge in [0.2, 0.25) is 5.91 Å². The van der Waals surface area contributed by atoms with Crippen LogP contribution in [0.4, 0.5) is 0 Å². The molecule has 0 saturated carbocycles. The first-order valence-corrected chi connectivity index (χ1v) is 10.00. The second-order valence-corrected chi connectivity index (χ2v) is 8.15. The van der Waals surface area contributed by atoms with Crippen molar-refractivity contribution in [3.8, 4) is 0 Å². The van der Waals surface area contributed by atoms with Crippen molar-refractivity contribution in [3.63, 3.8) is 0 Å². The predicted octanol–water partition coefficient (Wildman–Crippen LogP) is 1.33. The minimum absolute atomic E-state index is 0.0350. The highest BCUT2D eigenvalue weighted by Crippen LogP contribution is 2.18. The average molecular weight is 395 g/mol. The van der Waals surface area contributed by atoms with E-state index < -0.39 is 5.97 Å². The number of ether oxygens (including phenoxy) is 1. The number of morpholine rings is 1. The van der Waals surface area contributed by atoms with Gasteiger partial charge in [-0.2, -0.15) is 5.10 Å². The molecule has 1 amide bonds. The fourth-order valence-corrected chi connectivity index (χ4v) is 3.71. The zero-order valence-corrected chi connectivity index (χ0v) is 17.8. The van der Waals surface area contributed by atoms with Gasteiger partial charge in [-0.25, -0.2) is 0 Å². The second kappa shape index (κ2) is 10.0. The number of carboxylic acid groups (broad SMARTS) is 1. The summed E-state index contributed by atoms with van der Waals surface area (Å²) >= 11 is 0. The van der Waals surface area contributed by atoms with E-state index in [0.29, 0.717) is 45.0 Å². The molecule has 1 aromatic rings. The normalized spacial score (nSPS) is 17.5. The van der Waals surface area contributed by atoms with E-state index in [4.69, 9.17) is 9.84 Å². The first kappa shape index (κ1) is 22.4. The van der Waals surface area contributed by atoms with E-state index in [-0.39, 0.29) is 18.6 Å². The molecule has 2 heterocycles. The maximum Gasteiger partial charge on any atom is 0.317 e. The number of hydrogen-bond acceptors (Lipinski definition) is 5. The molecule has 0 spiro atoms. The minimum atomic E-state index is -0.866. The molecule has 0 aliphatic carbocycles. The van der Waals surface area contributed by atoms with Crippen LogP contribution < -0.4 is 0 Å². The van der Waals surface area contributed by atoms with Gasteiger partial charge >= 0.3 is 5.97 Å². The molecular formula is C20H34N4O4. The summed E-state index contributed by atoms with van der Waals surface area (Å²) in [5.74, 6) is -0.225. The number of carbonyl (C=O) groups is 2. The number of carboxylic acids is 1. The molecule has 0 radical (unpaired) electrons. The monoisotopic (exact) mass is 394 g/mol. The molecule has 2 rings (SSSR count). The number of aryl methyl sites for hydroxylation is 1. The molecule has 158 valence electrons. The molecule has 1 atom stereocenters. The van der Waals surface area contributed by atoms with Gasteiger partial charge in [0.15, 0.2) is 0 Å². The summed E-state index contributed by atoms with van der Waals surface area (Å²) in [6.45, 7) is 11.3. The third-order valence-electron chi connectivity index (χ3n) is 5.07. The summed E-state index contributed by atoms with van der Waals surface area (Å²) < 4.78 is 7.75. The zero-order valence-electron chi connectivity index (χ0n) is 17.8. The van der Waals surface area contributed by atoms with Gasteiger partial charge in [-0.3, -0.25) is 19.2 Å². The Morgan fingerprint density at radius 2 is 2.07 bits per heavy atom. The molecule has 1 aliphatic heterocycles. The number of rotatable bonds is 9.